The molecule has 88 valence electrons. The van der Waals surface area contributed by atoms with Gasteiger partial charge in [-0.2, -0.15) is 0 Å². The Morgan fingerprint density at radius 3 is 2.39 bits per heavy atom. The molecule has 2 aromatic carbocycles. The van der Waals surface area contributed by atoms with Crippen molar-refractivity contribution in [2.45, 2.75) is 0 Å². The number of aromatic nitrogens is 1. The molecule has 1 aromatic heterocycles. The molecule has 3 nitrogen and oxygen atoms in total. The number of anilines is 1. The number of hydrogen-bond donors (Lipinski definition) is 1. The summed E-state index contributed by atoms with van der Waals surface area (Å²) in [6.07, 6.45) is 1.75. The van der Waals surface area contributed by atoms with E-state index in [9.17, 15) is 4.79 Å². The second-order valence-corrected chi connectivity index (χ2v) is 4.06. The van der Waals surface area contributed by atoms with Crippen molar-refractivity contribution in [3.63, 3.8) is 0 Å². The Balaban J connectivity index is 2.08. The van der Waals surface area contributed by atoms with Crippen molar-refractivity contribution >= 4 is 16.5 Å². The summed E-state index contributed by atoms with van der Waals surface area (Å²) in [4.78, 5) is 12.2. The van der Waals surface area contributed by atoms with E-state index in [1.807, 2.05) is 60.7 Å². The monoisotopic (exact) mass is 236 g/mol. The molecule has 1 heterocycles. The molecule has 0 bridgehead atoms. The Labute approximate surface area is 104 Å². The number of nitrogens with one attached hydrogen (secondary N) is 1. The summed E-state index contributed by atoms with van der Waals surface area (Å²) < 4.78 is 1.50. The molecule has 0 aliphatic carbocycles. The zero-order chi connectivity index (χ0) is 12.4. The summed E-state index contributed by atoms with van der Waals surface area (Å²) in [5.41, 5.74) is 3.91. The SMILES string of the molecule is O=c1c2ccccc2ccn1Nc1ccccc1. The first-order chi connectivity index (χ1) is 8.84. The van der Waals surface area contributed by atoms with E-state index in [4.69, 9.17) is 0 Å². The fourth-order valence-corrected chi connectivity index (χ4v) is 1.93. The predicted octanol–water partition coefficient (Wildman–Crippen LogP) is 2.88. The van der Waals surface area contributed by atoms with Gasteiger partial charge >= 0.3 is 0 Å². The van der Waals surface area contributed by atoms with E-state index in [1.54, 1.807) is 6.20 Å². The van der Waals surface area contributed by atoms with Crippen molar-refractivity contribution < 1.29 is 0 Å². The van der Waals surface area contributed by atoms with Crippen LogP contribution in [0.1, 0.15) is 0 Å². The highest BCUT2D eigenvalue weighted by Crippen LogP contribution is 2.09. The van der Waals surface area contributed by atoms with Crippen molar-refractivity contribution in [3.05, 3.63) is 77.2 Å². The average Bonchev–Trinajstić information content (AvgIpc) is 2.43. The zero-order valence-corrected chi connectivity index (χ0v) is 9.71. The first-order valence-electron chi connectivity index (χ1n) is 5.77. The van der Waals surface area contributed by atoms with E-state index < -0.39 is 0 Å². The van der Waals surface area contributed by atoms with Crippen LogP contribution in [0.25, 0.3) is 10.8 Å². The Kier molecular flexibility index (Phi) is 2.57. The smallest absolute Gasteiger partial charge is 0.276 e. The molecule has 3 rings (SSSR count). The average molecular weight is 236 g/mol. The van der Waals surface area contributed by atoms with Crippen molar-refractivity contribution in [1.82, 2.24) is 4.68 Å². The van der Waals surface area contributed by atoms with Crippen LogP contribution < -0.4 is 11.0 Å². The van der Waals surface area contributed by atoms with Crippen molar-refractivity contribution in [2.24, 2.45) is 0 Å². The zero-order valence-electron chi connectivity index (χ0n) is 9.71. The maximum absolute atomic E-state index is 12.2. The lowest BCUT2D eigenvalue weighted by Gasteiger charge is -2.09. The van der Waals surface area contributed by atoms with Crippen molar-refractivity contribution in [1.29, 1.82) is 0 Å². The van der Waals surface area contributed by atoms with E-state index in [0.717, 1.165) is 11.1 Å². The van der Waals surface area contributed by atoms with Gasteiger partial charge in [-0.25, -0.2) is 4.68 Å². The van der Waals surface area contributed by atoms with Crippen LogP contribution in [0.3, 0.4) is 0 Å². The Morgan fingerprint density at radius 1 is 0.833 bits per heavy atom. The molecule has 0 aliphatic heterocycles. The normalized spacial score (nSPS) is 10.4. The van der Waals surface area contributed by atoms with E-state index in [2.05, 4.69) is 5.43 Å². The largest absolute Gasteiger partial charge is 0.292 e. The molecule has 0 spiro atoms. The third-order valence-electron chi connectivity index (χ3n) is 2.84. The van der Waals surface area contributed by atoms with Crippen LogP contribution in [-0.2, 0) is 0 Å². The first-order valence-corrected chi connectivity index (χ1v) is 5.77. The van der Waals surface area contributed by atoms with Crippen LogP contribution in [0.2, 0.25) is 0 Å². The number of pyridine rings is 1. The molecule has 0 aliphatic rings. The quantitative estimate of drug-likeness (QED) is 0.742. The molecule has 0 radical (unpaired) electrons. The Bertz CT molecular complexity index is 732. The fraction of sp³-hybridized carbons (Fsp3) is 0. The van der Waals surface area contributed by atoms with Crippen LogP contribution in [0, 0.1) is 0 Å². The third kappa shape index (κ3) is 1.86. The van der Waals surface area contributed by atoms with Gasteiger partial charge in [0.05, 0.1) is 5.69 Å². The van der Waals surface area contributed by atoms with Gasteiger partial charge in [0.15, 0.2) is 0 Å². The summed E-state index contributed by atoms with van der Waals surface area (Å²) in [6, 6.07) is 19.1. The van der Waals surface area contributed by atoms with Gasteiger partial charge in [-0.3, -0.25) is 10.2 Å². The van der Waals surface area contributed by atoms with Crippen LogP contribution in [-0.4, -0.2) is 4.68 Å². The minimum absolute atomic E-state index is 0.0445. The summed E-state index contributed by atoms with van der Waals surface area (Å²) in [5.74, 6) is 0. The molecule has 3 heteroatoms. The molecule has 0 atom stereocenters. The Morgan fingerprint density at radius 2 is 1.56 bits per heavy atom. The third-order valence-corrected chi connectivity index (χ3v) is 2.84. The van der Waals surface area contributed by atoms with Crippen molar-refractivity contribution in [2.75, 3.05) is 5.43 Å². The van der Waals surface area contributed by atoms with Gasteiger partial charge in [-0.1, -0.05) is 36.4 Å². The minimum Gasteiger partial charge on any atom is -0.292 e. The van der Waals surface area contributed by atoms with E-state index in [-0.39, 0.29) is 5.56 Å². The highest BCUT2D eigenvalue weighted by Gasteiger charge is 2.01. The topological polar surface area (TPSA) is 34.0 Å². The molecule has 0 unspecified atom stereocenters. The minimum atomic E-state index is -0.0445. The van der Waals surface area contributed by atoms with Gasteiger partial charge in [0, 0.05) is 11.6 Å². The van der Waals surface area contributed by atoms with E-state index >= 15 is 0 Å². The summed E-state index contributed by atoms with van der Waals surface area (Å²) in [7, 11) is 0. The number of hydrogen-bond acceptors (Lipinski definition) is 2. The molecular weight excluding hydrogens is 224 g/mol. The first kappa shape index (κ1) is 10.6. The number of fused-ring (bicyclic) bond motifs is 1. The number of para-hydroxylation sites is 1. The second kappa shape index (κ2) is 4.37. The summed E-state index contributed by atoms with van der Waals surface area (Å²) >= 11 is 0. The number of rotatable bonds is 2. The van der Waals surface area contributed by atoms with Gasteiger partial charge < -0.3 is 0 Å². The van der Waals surface area contributed by atoms with Gasteiger partial charge in [-0.05, 0) is 29.7 Å². The van der Waals surface area contributed by atoms with E-state index in [1.165, 1.54) is 4.68 Å². The summed E-state index contributed by atoms with van der Waals surface area (Å²) in [6.45, 7) is 0. The highest BCUT2D eigenvalue weighted by molar-refractivity contribution is 5.81. The summed E-state index contributed by atoms with van der Waals surface area (Å²) in [5, 5.41) is 1.66. The second-order valence-electron chi connectivity index (χ2n) is 4.06. The van der Waals surface area contributed by atoms with Gasteiger partial charge in [0.1, 0.15) is 0 Å². The Hall–Kier alpha value is -2.55. The van der Waals surface area contributed by atoms with Gasteiger partial charge in [0.2, 0.25) is 0 Å². The maximum atomic E-state index is 12.2. The fourth-order valence-electron chi connectivity index (χ4n) is 1.93. The van der Waals surface area contributed by atoms with E-state index in [0.29, 0.717) is 5.39 Å². The molecule has 18 heavy (non-hydrogen) atoms. The molecule has 3 aromatic rings. The number of benzene rings is 2. The van der Waals surface area contributed by atoms with Gasteiger partial charge in [0.25, 0.3) is 5.56 Å². The van der Waals surface area contributed by atoms with Crippen LogP contribution in [0.15, 0.2) is 71.7 Å². The van der Waals surface area contributed by atoms with Crippen LogP contribution >= 0.6 is 0 Å². The van der Waals surface area contributed by atoms with Crippen molar-refractivity contribution in [3.8, 4) is 0 Å². The highest BCUT2D eigenvalue weighted by atomic mass is 16.1. The lowest BCUT2D eigenvalue weighted by atomic mass is 10.2. The standard InChI is InChI=1S/C15H12N2O/c18-15-14-9-5-4-6-12(14)10-11-17(15)16-13-7-2-1-3-8-13/h1-11,16H. The maximum Gasteiger partial charge on any atom is 0.276 e. The van der Waals surface area contributed by atoms with Crippen LogP contribution in [0.5, 0.6) is 0 Å². The molecule has 0 fully saturated rings. The molecular formula is C15H12N2O. The lowest BCUT2D eigenvalue weighted by Crippen LogP contribution is -2.25. The molecule has 0 amide bonds. The van der Waals surface area contributed by atoms with Crippen LogP contribution in [0.4, 0.5) is 5.69 Å². The molecule has 0 saturated carbocycles. The number of nitrogens with zero attached hydrogens (tertiary/aromatic N) is 1. The molecule has 0 saturated heterocycles. The predicted molar refractivity (Wildman–Crippen MR) is 73.7 cm³/mol. The lowest BCUT2D eigenvalue weighted by molar-refractivity contribution is 0.913. The molecule has 1 N–H and O–H groups in total. The van der Waals surface area contributed by atoms with Gasteiger partial charge in [-0.15, -0.1) is 0 Å².